The minimum Gasteiger partial charge on any atom is -0.394 e. The van der Waals surface area contributed by atoms with Crippen LogP contribution in [0.25, 0.3) is 22.5 Å². The Bertz CT molecular complexity index is 1110. The molecule has 3 aromatic rings. The molecule has 8 heteroatoms. The molecule has 27 heavy (non-hydrogen) atoms. The number of aryl methyl sites for hydroxylation is 1. The number of rotatable bonds is 4. The fraction of sp³-hybridized carbons (Fsp3) is 0.263. The SMILES string of the molecule is CS(=O)(=O)c1cc(-c2c(-c3ccc(F)cc3)nc3n2[C@H](CO)CC3)ccn1. The number of pyridine rings is 1. The largest absolute Gasteiger partial charge is 0.394 e. The second-order valence-electron chi connectivity index (χ2n) is 6.63. The zero-order chi connectivity index (χ0) is 19.2. The van der Waals surface area contributed by atoms with E-state index in [-0.39, 0.29) is 23.5 Å². The zero-order valence-corrected chi connectivity index (χ0v) is 15.4. The molecule has 0 amide bonds. The third-order valence-corrected chi connectivity index (χ3v) is 5.75. The minimum absolute atomic E-state index is 0.0286. The Morgan fingerprint density at radius 3 is 2.63 bits per heavy atom. The Kier molecular flexibility index (Phi) is 4.32. The summed E-state index contributed by atoms with van der Waals surface area (Å²) in [6, 6.07) is 9.11. The number of aliphatic hydroxyl groups excluding tert-OH is 1. The maximum absolute atomic E-state index is 13.4. The second-order valence-corrected chi connectivity index (χ2v) is 8.59. The van der Waals surface area contributed by atoms with Crippen molar-refractivity contribution < 1.29 is 17.9 Å². The summed E-state index contributed by atoms with van der Waals surface area (Å²) in [5.74, 6) is 0.477. The van der Waals surface area contributed by atoms with Gasteiger partial charge in [-0.05, 0) is 42.8 Å². The van der Waals surface area contributed by atoms with E-state index < -0.39 is 9.84 Å². The molecule has 140 valence electrons. The Balaban J connectivity index is 1.97. The number of aromatic nitrogens is 3. The van der Waals surface area contributed by atoms with Crippen molar-refractivity contribution in [1.29, 1.82) is 0 Å². The predicted molar refractivity (Wildman–Crippen MR) is 98.4 cm³/mol. The van der Waals surface area contributed by atoms with Crippen molar-refractivity contribution in [2.24, 2.45) is 0 Å². The van der Waals surface area contributed by atoms with Crippen molar-refractivity contribution in [2.75, 3.05) is 12.9 Å². The quantitative estimate of drug-likeness (QED) is 0.744. The van der Waals surface area contributed by atoms with Crippen LogP contribution in [-0.2, 0) is 16.3 Å². The van der Waals surface area contributed by atoms with Crippen molar-refractivity contribution in [3.63, 3.8) is 0 Å². The van der Waals surface area contributed by atoms with Crippen LogP contribution in [0.5, 0.6) is 0 Å². The maximum Gasteiger partial charge on any atom is 0.192 e. The number of imidazole rings is 1. The van der Waals surface area contributed by atoms with Gasteiger partial charge in [-0.2, -0.15) is 0 Å². The fourth-order valence-electron chi connectivity index (χ4n) is 3.49. The van der Waals surface area contributed by atoms with Gasteiger partial charge in [0.2, 0.25) is 0 Å². The summed E-state index contributed by atoms with van der Waals surface area (Å²) in [5, 5.41) is 9.75. The van der Waals surface area contributed by atoms with E-state index in [1.807, 2.05) is 4.57 Å². The van der Waals surface area contributed by atoms with Crippen LogP contribution in [0.1, 0.15) is 18.3 Å². The zero-order valence-electron chi connectivity index (χ0n) is 14.6. The molecule has 1 N–H and O–H groups in total. The van der Waals surface area contributed by atoms with E-state index in [1.54, 1.807) is 18.2 Å². The van der Waals surface area contributed by atoms with Gasteiger partial charge in [0.25, 0.3) is 0 Å². The summed E-state index contributed by atoms with van der Waals surface area (Å²) in [4.78, 5) is 8.67. The lowest BCUT2D eigenvalue weighted by atomic mass is 10.0. The van der Waals surface area contributed by atoms with Crippen LogP contribution in [-0.4, -0.2) is 40.9 Å². The monoisotopic (exact) mass is 387 g/mol. The second kappa shape index (κ2) is 6.54. The van der Waals surface area contributed by atoms with Gasteiger partial charge in [-0.3, -0.25) is 0 Å². The molecule has 0 unspecified atom stereocenters. The van der Waals surface area contributed by atoms with E-state index in [4.69, 9.17) is 4.98 Å². The van der Waals surface area contributed by atoms with Gasteiger partial charge >= 0.3 is 0 Å². The lowest BCUT2D eigenvalue weighted by Crippen LogP contribution is -2.10. The third kappa shape index (κ3) is 3.15. The molecule has 0 spiro atoms. The lowest BCUT2D eigenvalue weighted by Gasteiger charge is -2.15. The average molecular weight is 387 g/mol. The van der Waals surface area contributed by atoms with Gasteiger partial charge in [0.05, 0.1) is 24.0 Å². The van der Waals surface area contributed by atoms with Crippen LogP contribution in [0.3, 0.4) is 0 Å². The first-order chi connectivity index (χ1) is 12.9. The smallest absolute Gasteiger partial charge is 0.192 e. The van der Waals surface area contributed by atoms with E-state index in [9.17, 15) is 17.9 Å². The summed E-state index contributed by atoms with van der Waals surface area (Å²) >= 11 is 0. The van der Waals surface area contributed by atoms with Gasteiger partial charge in [-0.15, -0.1) is 0 Å². The summed E-state index contributed by atoms with van der Waals surface area (Å²) in [7, 11) is -3.47. The van der Waals surface area contributed by atoms with E-state index in [2.05, 4.69) is 4.98 Å². The topological polar surface area (TPSA) is 85.1 Å². The highest BCUT2D eigenvalue weighted by molar-refractivity contribution is 7.90. The van der Waals surface area contributed by atoms with Gasteiger partial charge in [0, 0.05) is 30.0 Å². The van der Waals surface area contributed by atoms with Crippen molar-refractivity contribution in [3.8, 4) is 22.5 Å². The minimum atomic E-state index is -3.47. The first-order valence-electron chi connectivity index (χ1n) is 8.53. The Morgan fingerprint density at radius 2 is 1.96 bits per heavy atom. The summed E-state index contributed by atoms with van der Waals surface area (Å²) < 4.78 is 39.2. The van der Waals surface area contributed by atoms with E-state index in [0.717, 1.165) is 24.1 Å². The van der Waals surface area contributed by atoms with Crippen molar-refractivity contribution >= 4 is 9.84 Å². The number of nitrogens with zero attached hydrogens (tertiary/aromatic N) is 3. The van der Waals surface area contributed by atoms with Gasteiger partial charge in [-0.25, -0.2) is 22.8 Å². The van der Waals surface area contributed by atoms with Crippen molar-refractivity contribution in [2.45, 2.75) is 23.9 Å². The van der Waals surface area contributed by atoms with Crippen LogP contribution in [0.2, 0.25) is 0 Å². The van der Waals surface area contributed by atoms with Gasteiger partial charge in [0.15, 0.2) is 14.9 Å². The highest BCUT2D eigenvalue weighted by atomic mass is 32.2. The number of hydrogen-bond acceptors (Lipinski definition) is 5. The molecule has 2 aromatic heterocycles. The molecular formula is C19H18FN3O3S. The Labute approximate surface area is 156 Å². The summed E-state index contributed by atoms with van der Waals surface area (Å²) in [6.07, 6.45) is 4.03. The molecule has 0 aliphatic carbocycles. The van der Waals surface area contributed by atoms with Crippen LogP contribution in [0, 0.1) is 5.82 Å². The van der Waals surface area contributed by atoms with Crippen LogP contribution in [0.4, 0.5) is 4.39 Å². The molecule has 0 saturated carbocycles. The Morgan fingerprint density at radius 1 is 1.22 bits per heavy atom. The van der Waals surface area contributed by atoms with E-state index in [0.29, 0.717) is 23.4 Å². The Hall–Kier alpha value is -2.58. The molecule has 0 fully saturated rings. The maximum atomic E-state index is 13.4. The molecule has 6 nitrogen and oxygen atoms in total. The van der Waals surface area contributed by atoms with Gasteiger partial charge in [-0.1, -0.05) is 0 Å². The van der Waals surface area contributed by atoms with Crippen molar-refractivity contribution in [1.82, 2.24) is 14.5 Å². The normalized spacial score (nSPS) is 16.5. The number of fused-ring (bicyclic) bond motifs is 1. The van der Waals surface area contributed by atoms with E-state index >= 15 is 0 Å². The van der Waals surface area contributed by atoms with Crippen LogP contribution in [0.15, 0.2) is 47.6 Å². The number of halogens is 1. The number of aliphatic hydroxyl groups is 1. The molecule has 3 heterocycles. The van der Waals surface area contributed by atoms with Gasteiger partial charge in [0.1, 0.15) is 11.6 Å². The molecular weight excluding hydrogens is 369 g/mol. The molecule has 0 radical (unpaired) electrons. The summed E-state index contributed by atoms with van der Waals surface area (Å²) in [5.41, 5.74) is 2.71. The highest BCUT2D eigenvalue weighted by Gasteiger charge is 2.30. The molecule has 0 bridgehead atoms. The third-order valence-electron chi connectivity index (χ3n) is 4.77. The first kappa shape index (κ1) is 17.8. The van der Waals surface area contributed by atoms with Crippen LogP contribution < -0.4 is 0 Å². The molecule has 1 aromatic carbocycles. The van der Waals surface area contributed by atoms with E-state index in [1.165, 1.54) is 24.4 Å². The molecule has 4 rings (SSSR count). The predicted octanol–water partition coefficient (Wildman–Crippen LogP) is 2.63. The van der Waals surface area contributed by atoms with Crippen LogP contribution >= 0.6 is 0 Å². The standard InChI is InChI=1S/C19H18FN3O3S/c1-27(25,26)17-10-13(8-9-21-17)19-18(12-2-4-14(20)5-3-12)22-16-7-6-15(11-24)23(16)19/h2-5,8-10,15,24H,6-7,11H2,1H3/t15-/m0/s1. The highest BCUT2D eigenvalue weighted by Crippen LogP contribution is 2.39. The number of sulfone groups is 1. The first-order valence-corrected chi connectivity index (χ1v) is 10.4. The average Bonchev–Trinajstić information content (AvgIpc) is 3.20. The molecule has 1 aliphatic rings. The number of hydrogen-bond donors (Lipinski definition) is 1. The number of benzene rings is 1. The molecule has 1 atom stereocenters. The molecule has 0 saturated heterocycles. The molecule has 1 aliphatic heterocycles. The van der Waals surface area contributed by atoms with Crippen molar-refractivity contribution in [3.05, 3.63) is 54.2 Å². The summed E-state index contributed by atoms with van der Waals surface area (Å²) in [6.45, 7) is -0.0385. The van der Waals surface area contributed by atoms with Gasteiger partial charge < -0.3 is 9.67 Å². The fourth-order valence-corrected chi connectivity index (χ4v) is 4.08. The lowest BCUT2D eigenvalue weighted by molar-refractivity contribution is 0.234.